The molecule has 34 heavy (non-hydrogen) atoms. The summed E-state index contributed by atoms with van der Waals surface area (Å²) in [4.78, 5) is 9.88. The van der Waals surface area contributed by atoms with Crippen molar-refractivity contribution in [2.24, 2.45) is 0 Å². The van der Waals surface area contributed by atoms with E-state index < -0.39 is 0 Å². The minimum atomic E-state index is 0.558. The summed E-state index contributed by atoms with van der Waals surface area (Å²) >= 11 is 1.75. The first kappa shape index (κ1) is 23.3. The van der Waals surface area contributed by atoms with Crippen LogP contribution >= 0.6 is 11.3 Å². The molecule has 0 atom stereocenters. The summed E-state index contributed by atoms with van der Waals surface area (Å²) in [5.41, 5.74) is 7.18. The van der Waals surface area contributed by atoms with Gasteiger partial charge in [-0.15, -0.1) is 11.3 Å². The molecule has 5 nitrogen and oxygen atoms in total. The van der Waals surface area contributed by atoms with Crippen molar-refractivity contribution in [3.63, 3.8) is 0 Å². The number of benzene rings is 2. The zero-order valence-electron chi connectivity index (χ0n) is 20.4. The van der Waals surface area contributed by atoms with Crippen molar-refractivity contribution in [1.29, 1.82) is 0 Å². The van der Waals surface area contributed by atoms with Crippen LogP contribution in [0.1, 0.15) is 41.5 Å². The van der Waals surface area contributed by atoms with E-state index in [0.717, 1.165) is 68.1 Å². The SMILES string of the molecule is Cc1ccc(OCc2ccc(CN3CCOCC3)cc2C)c(-c2csc(N3CCCCC3)n2)c1. The summed E-state index contributed by atoms with van der Waals surface area (Å²) in [6.45, 7) is 11.8. The second-order valence-electron chi connectivity index (χ2n) is 9.50. The Labute approximate surface area is 207 Å². The molecule has 0 spiro atoms. The van der Waals surface area contributed by atoms with Gasteiger partial charge in [0, 0.05) is 43.7 Å². The normalized spacial score (nSPS) is 17.2. The Hall–Kier alpha value is -2.41. The predicted molar refractivity (Wildman–Crippen MR) is 140 cm³/mol. The number of anilines is 1. The van der Waals surface area contributed by atoms with Gasteiger partial charge in [-0.3, -0.25) is 4.90 Å². The van der Waals surface area contributed by atoms with E-state index in [2.05, 4.69) is 65.4 Å². The summed E-state index contributed by atoms with van der Waals surface area (Å²) in [5.74, 6) is 0.901. The number of morpholine rings is 1. The van der Waals surface area contributed by atoms with Crippen LogP contribution in [-0.2, 0) is 17.9 Å². The topological polar surface area (TPSA) is 37.8 Å². The highest BCUT2D eigenvalue weighted by atomic mass is 32.1. The van der Waals surface area contributed by atoms with E-state index in [1.807, 2.05) is 0 Å². The Balaban J connectivity index is 1.28. The van der Waals surface area contributed by atoms with Gasteiger partial charge >= 0.3 is 0 Å². The van der Waals surface area contributed by atoms with Crippen LogP contribution in [0.25, 0.3) is 11.3 Å². The van der Waals surface area contributed by atoms with Crippen LogP contribution in [0.2, 0.25) is 0 Å². The molecule has 0 amide bonds. The predicted octanol–water partition coefficient (Wildman–Crippen LogP) is 5.83. The fraction of sp³-hybridized carbons (Fsp3) is 0.464. The Morgan fingerprint density at radius 3 is 2.59 bits per heavy atom. The fourth-order valence-electron chi connectivity index (χ4n) is 4.78. The molecule has 2 fully saturated rings. The second-order valence-corrected chi connectivity index (χ2v) is 10.3. The molecule has 0 aliphatic carbocycles. The number of aryl methyl sites for hydroxylation is 2. The van der Waals surface area contributed by atoms with E-state index in [9.17, 15) is 0 Å². The van der Waals surface area contributed by atoms with Crippen molar-refractivity contribution in [3.8, 4) is 17.0 Å². The third kappa shape index (κ3) is 5.62. The van der Waals surface area contributed by atoms with Gasteiger partial charge in [-0.25, -0.2) is 4.98 Å². The highest BCUT2D eigenvalue weighted by Gasteiger charge is 2.17. The van der Waals surface area contributed by atoms with Gasteiger partial charge in [0.1, 0.15) is 12.4 Å². The number of hydrogen-bond donors (Lipinski definition) is 0. The standard InChI is InChI=1S/C28H35N3O2S/c1-21-6-9-27(25(16-21)26-20-34-28(29-26)31-10-4-3-5-11-31)33-19-24-8-7-23(17-22(24)2)18-30-12-14-32-15-13-30/h6-9,16-17,20H,3-5,10-15,18-19H2,1-2H3. The Kier molecular flexibility index (Phi) is 7.48. The zero-order chi connectivity index (χ0) is 23.3. The van der Waals surface area contributed by atoms with Crippen molar-refractivity contribution in [2.45, 2.75) is 46.3 Å². The number of piperidine rings is 1. The Morgan fingerprint density at radius 2 is 1.79 bits per heavy atom. The van der Waals surface area contributed by atoms with Crippen LogP contribution in [0.4, 0.5) is 5.13 Å². The van der Waals surface area contributed by atoms with E-state index in [1.165, 1.54) is 41.5 Å². The van der Waals surface area contributed by atoms with E-state index >= 15 is 0 Å². The van der Waals surface area contributed by atoms with Crippen molar-refractivity contribution < 1.29 is 9.47 Å². The van der Waals surface area contributed by atoms with Gasteiger partial charge in [-0.1, -0.05) is 29.8 Å². The number of thiazole rings is 1. The fourth-order valence-corrected chi connectivity index (χ4v) is 5.66. The average Bonchev–Trinajstić information content (AvgIpc) is 3.36. The Bertz CT molecular complexity index is 1100. The molecule has 2 saturated heterocycles. The number of ether oxygens (including phenoxy) is 2. The molecule has 3 aromatic rings. The molecule has 2 aromatic carbocycles. The van der Waals surface area contributed by atoms with Gasteiger partial charge in [0.05, 0.1) is 18.9 Å². The molecular formula is C28H35N3O2S. The molecule has 5 rings (SSSR count). The number of aromatic nitrogens is 1. The first-order valence-electron chi connectivity index (χ1n) is 12.5. The molecular weight excluding hydrogens is 442 g/mol. The lowest BCUT2D eigenvalue weighted by molar-refractivity contribution is 0.0342. The van der Waals surface area contributed by atoms with E-state index in [-0.39, 0.29) is 0 Å². The molecule has 1 aromatic heterocycles. The number of hydrogen-bond acceptors (Lipinski definition) is 6. The first-order chi connectivity index (χ1) is 16.7. The first-order valence-corrected chi connectivity index (χ1v) is 13.4. The smallest absolute Gasteiger partial charge is 0.185 e. The van der Waals surface area contributed by atoms with Crippen LogP contribution in [0.15, 0.2) is 41.8 Å². The third-order valence-electron chi connectivity index (χ3n) is 6.83. The average molecular weight is 478 g/mol. The highest BCUT2D eigenvalue weighted by Crippen LogP contribution is 2.35. The van der Waals surface area contributed by atoms with Crippen molar-refractivity contribution in [1.82, 2.24) is 9.88 Å². The maximum Gasteiger partial charge on any atom is 0.185 e. The van der Waals surface area contributed by atoms with Crippen LogP contribution in [0.5, 0.6) is 5.75 Å². The van der Waals surface area contributed by atoms with E-state index in [4.69, 9.17) is 14.5 Å². The van der Waals surface area contributed by atoms with Crippen molar-refractivity contribution in [3.05, 3.63) is 64.0 Å². The van der Waals surface area contributed by atoms with Gasteiger partial charge in [0.15, 0.2) is 5.13 Å². The van der Waals surface area contributed by atoms with Crippen LogP contribution < -0.4 is 9.64 Å². The molecule has 180 valence electrons. The summed E-state index contributed by atoms with van der Waals surface area (Å²) in [6.07, 6.45) is 3.86. The molecule has 0 unspecified atom stereocenters. The van der Waals surface area contributed by atoms with Gasteiger partial charge < -0.3 is 14.4 Å². The van der Waals surface area contributed by atoms with Gasteiger partial charge in [-0.05, 0) is 61.9 Å². The van der Waals surface area contributed by atoms with E-state index in [1.54, 1.807) is 11.3 Å². The highest BCUT2D eigenvalue weighted by molar-refractivity contribution is 7.14. The lowest BCUT2D eigenvalue weighted by Gasteiger charge is -2.26. The summed E-state index contributed by atoms with van der Waals surface area (Å²) in [6, 6.07) is 13.2. The number of rotatable bonds is 7. The molecule has 2 aliphatic rings. The van der Waals surface area contributed by atoms with Crippen LogP contribution in [0.3, 0.4) is 0 Å². The largest absolute Gasteiger partial charge is 0.488 e. The zero-order valence-corrected chi connectivity index (χ0v) is 21.2. The minimum absolute atomic E-state index is 0.558. The summed E-state index contributed by atoms with van der Waals surface area (Å²) in [5, 5.41) is 3.31. The van der Waals surface area contributed by atoms with E-state index in [0.29, 0.717) is 6.61 Å². The summed E-state index contributed by atoms with van der Waals surface area (Å²) in [7, 11) is 0. The molecule has 0 radical (unpaired) electrons. The van der Waals surface area contributed by atoms with Gasteiger partial charge in [-0.2, -0.15) is 0 Å². The molecule has 0 saturated carbocycles. The maximum absolute atomic E-state index is 6.38. The summed E-state index contributed by atoms with van der Waals surface area (Å²) < 4.78 is 11.9. The molecule has 0 N–H and O–H groups in total. The molecule has 3 heterocycles. The lowest BCUT2D eigenvalue weighted by atomic mass is 10.0. The monoisotopic (exact) mass is 477 g/mol. The lowest BCUT2D eigenvalue weighted by Crippen LogP contribution is -2.35. The van der Waals surface area contributed by atoms with Crippen LogP contribution in [0, 0.1) is 13.8 Å². The van der Waals surface area contributed by atoms with Crippen molar-refractivity contribution >= 4 is 16.5 Å². The second kappa shape index (κ2) is 10.9. The van der Waals surface area contributed by atoms with Gasteiger partial charge in [0.25, 0.3) is 0 Å². The Morgan fingerprint density at radius 1 is 0.971 bits per heavy atom. The molecule has 2 aliphatic heterocycles. The number of nitrogens with zero attached hydrogens (tertiary/aromatic N) is 3. The quantitative estimate of drug-likeness (QED) is 0.428. The minimum Gasteiger partial charge on any atom is -0.488 e. The molecule has 0 bridgehead atoms. The maximum atomic E-state index is 6.38. The van der Waals surface area contributed by atoms with Crippen molar-refractivity contribution in [2.75, 3.05) is 44.3 Å². The third-order valence-corrected chi connectivity index (χ3v) is 7.73. The van der Waals surface area contributed by atoms with Gasteiger partial charge in [0.2, 0.25) is 0 Å². The molecule has 6 heteroatoms. The van der Waals surface area contributed by atoms with Crippen LogP contribution in [-0.4, -0.2) is 49.3 Å².